The third-order valence-corrected chi connectivity index (χ3v) is 9.56. The second-order valence-corrected chi connectivity index (χ2v) is 14.9. The zero-order chi connectivity index (χ0) is 49.7. The molecule has 7 atom stereocenters. The maximum absolute atomic E-state index is 13.9. The van der Waals surface area contributed by atoms with Crippen LogP contribution in [0.3, 0.4) is 0 Å². The van der Waals surface area contributed by atoms with Crippen molar-refractivity contribution in [1.82, 2.24) is 36.8 Å². The fourth-order valence-electron chi connectivity index (χ4n) is 6.43. The van der Waals surface area contributed by atoms with E-state index in [2.05, 4.69) is 31.6 Å². The number of nitrogens with two attached hydrogens (primary N) is 5. The van der Waals surface area contributed by atoms with Gasteiger partial charge in [0.2, 0.25) is 53.2 Å². The van der Waals surface area contributed by atoms with Crippen LogP contribution in [0.1, 0.15) is 56.9 Å². The number of guanidine groups is 1. The minimum atomic E-state index is -1.90. The molecule has 1 aromatic carbocycles. The van der Waals surface area contributed by atoms with E-state index < -0.39 is 146 Å². The molecule has 362 valence electrons. The molecule has 28 heteroatoms. The largest absolute Gasteiger partial charge is 0.481 e. The Bertz CT molecular complexity index is 2020. The lowest BCUT2D eigenvalue weighted by atomic mass is 10.0. The van der Waals surface area contributed by atoms with Gasteiger partial charge < -0.3 is 80.8 Å². The number of carbonyl (C=O) groups excluding carboxylic acids is 9. The molecule has 1 heterocycles. The molecule has 1 saturated heterocycles. The molecule has 1 aliphatic heterocycles. The molecule has 0 spiro atoms. The highest BCUT2D eigenvalue weighted by atomic mass is 16.4. The van der Waals surface area contributed by atoms with Gasteiger partial charge in [0.1, 0.15) is 36.3 Å². The number of hydrogen-bond acceptors (Lipinski definition) is 14. The molecule has 0 aliphatic carbocycles. The van der Waals surface area contributed by atoms with Crippen molar-refractivity contribution in [3.63, 3.8) is 0 Å². The molecule has 0 bridgehead atoms. The van der Waals surface area contributed by atoms with Crippen LogP contribution in [0.4, 0.5) is 0 Å². The number of likely N-dealkylation sites (tertiary alicyclic amines) is 1. The van der Waals surface area contributed by atoms with Gasteiger partial charge in [0.05, 0.1) is 38.3 Å². The van der Waals surface area contributed by atoms with Gasteiger partial charge in [-0.05, 0) is 31.2 Å². The van der Waals surface area contributed by atoms with Crippen LogP contribution < -0.4 is 60.6 Å². The van der Waals surface area contributed by atoms with Crippen LogP contribution in [0.5, 0.6) is 0 Å². The Kier molecular flexibility index (Phi) is 21.9. The van der Waals surface area contributed by atoms with E-state index >= 15 is 0 Å². The Hall–Kier alpha value is -7.91. The number of aliphatic imine (C=N–C) groups is 1. The van der Waals surface area contributed by atoms with Gasteiger partial charge >= 0.3 is 17.9 Å². The summed E-state index contributed by atoms with van der Waals surface area (Å²) in [6, 6.07) is -3.28. The van der Waals surface area contributed by atoms with Crippen LogP contribution in [-0.2, 0) is 64.0 Å². The Morgan fingerprint density at radius 2 is 1.18 bits per heavy atom. The molecule has 0 saturated carbocycles. The van der Waals surface area contributed by atoms with E-state index in [1.165, 1.54) is 0 Å². The molecule has 66 heavy (non-hydrogen) atoms. The first-order chi connectivity index (χ1) is 31.0. The first-order valence-electron chi connectivity index (χ1n) is 20.2. The molecule has 2 rings (SSSR count). The Labute approximate surface area is 375 Å². The van der Waals surface area contributed by atoms with Gasteiger partial charge in [-0.2, -0.15) is 0 Å². The zero-order valence-corrected chi connectivity index (χ0v) is 35.4. The highest BCUT2D eigenvalue weighted by Gasteiger charge is 2.40. The van der Waals surface area contributed by atoms with Crippen molar-refractivity contribution in [2.24, 2.45) is 33.7 Å². The summed E-state index contributed by atoms with van der Waals surface area (Å²) in [5, 5.41) is 41.9. The van der Waals surface area contributed by atoms with Gasteiger partial charge in [-0.1, -0.05) is 30.3 Å². The van der Waals surface area contributed by atoms with Gasteiger partial charge in [-0.15, -0.1) is 0 Å². The number of rotatable bonds is 28. The lowest BCUT2D eigenvalue weighted by Gasteiger charge is -2.28. The summed E-state index contributed by atoms with van der Waals surface area (Å²) < 4.78 is 0. The standard InChI is InChI=1S/C38H55N13O15/c39-19(13-26(40)52)31(59)47-23(15-29(55)56)35(63)49-22(14-27(41)53)32(60)45-17-28(54)46-20(8-4-10-44-38(42)43)33(61)48-21(12-18-6-2-1-3-7-18)34(62)50-24(16-30(57)58)36(64)51-11-5-9-25(51)37(65)66/h1-3,6-7,19-25H,4-5,8-17,39H2,(H2,40,52)(H2,41,53)(H,45,60)(H,46,54)(H,47,59)(H,48,61)(H,49,63)(H,50,62)(H,55,56)(H,57,58)(H,65,66)(H4,42,43,44)/t19-,20-,21-,22-,23-,24-,25-/m0/s1. The molecule has 1 aromatic rings. The van der Waals surface area contributed by atoms with Crippen molar-refractivity contribution >= 4 is 77.0 Å². The molecule has 1 fully saturated rings. The maximum atomic E-state index is 13.9. The number of amides is 9. The number of carbonyl (C=O) groups is 12. The van der Waals surface area contributed by atoms with Gasteiger partial charge in [-0.3, -0.25) is 57.7 Å². The van der Waals surface area contributed by atoms with Crippen molar-refractivity contribution in [1.29, 1.82) is 0 Å². The second-order valence-electron chi connectivity index (χ2n) is 14.9. The predicted octanol–water partition coefficient (Wildman–Crippen LogP) is -7.07. The fourth-order valence-corrected chi connectivity index (χ4v) is 6.43. The summed E-state index contributed by atoms with van der Waals surface area (Å²) in [6.07, 6.45) is -3.55. The van der Waals surface area contributed by atoms with Crippen LogP contribution in [0, 0.1) is 0 Å². The van der Waals surface area contributed by atoms with Crippen molar-refractivity contribution < 1.29 is 72.9 Å². The topological polar surface area (TPSA) is 483 Å². The lowest BCUT2D eigenvalue weighted by molar-refractivity contribution is -0.150. The van der Waals surface area contributed by atoms with Crippen molar-refractivity contribution in [2.75, 3.05) is 19.6 Å². The quantitative estimate of drug-likeness (QED) is 0.0211. The molecule has 28 nitrogen and oxygen atoms in total. The average Bonchev–Trinajstić information content (AvgIpc) is 3.73. The van der Waals surface area contributed by atoms with E-state index in [1.54, 1.807) is 30.3 Å². The molecule has 1 aliphatic rings. The van der Waals surface area contributed by atoms with E-state index in [-0.39, 0.29) is 44.7 Å². The number of hydrogen-bond donors (Lipinski definition) is 14. The summed E-state index contributed by atoms with van der Waals surface area (Å²) in [4.78, 5) is 156. The minimum Gasteiger partial charge on any atom is -0.481 e. The summed E-state index contributed by atoms with van der Waals surface area (Å²) in [5.74, 6) is -14.6. The third-order valence-electron chi connectivity index (χ3n) is 9.56. The van der Waals surface area contributed by atoms with Crippen LogP contribution in [0.15, 0.2) is 35.3 Å². The SMILES string of the molecule is NC(=O)C[C@H](NC(=O)[C@H](CC(=O)O)NC(=O)[C@@H](N)CC(N)=O)C(=O)NCC(=O)N[C@@H](CCCN=C(N)N)C(=O)N[C@@H](Cc1ccccc1)C(=O)N[C@@H](CC(=O)O)C(=O)N1CCC[C@H]1C(=O)O. The number of benzene rings is 1. The first kappa shape index (κ1) is 54.2. The molecule has 19 N–H and O–H groups in total. The minimum absolute atomic E-state index is 0.0165. The predicted molar refractivity (Wildman–Crippen MR) is 225 cm³/mol. The highest BCUT2D eigenvalue weighted by molar-refractivity contribution is 5.99. The molecule has 0 radical (unpaired) electrons. The van der Waals surface area contributed by atoms with Gasteiger partial charge in [0, 0.05) is 19.5 Å². The van der Waals surface area contributed by atoms with E-state index in [0.29, 0.717) is 12.0 Å². The highest BCUT2D eigenvalue weighted by Crippen LogP contribution is 2.19. The Morgan fingerprint density at radius 3 is 1.76 bits per heavy atom. The smallest absolute Gasteiger partial charge is 0.326 e. The van der Waals surface area contributed by atoms with Crippen LogP contribution in [-0.4, -0.2) is 159 Å². The van der Waals surface area contributed by atoms with Crippen LogP contribution in [0.25, 0.3) is 0 Å². The van der Waals surface area contributed by atoms with Crippen molar-refractivity contribution in [3.05, 3.63) is 35.9 Å². The van der Waals surface area contributed by atoms with E-state index in [9.17, 15) is 72.9 Å². The molecular formula is C38H55N13O15. The normalized spacial score (nSPS) is 15.7. The number of carboxylic acid groups (broad SMARTS) is 3. The lowest BCUT2D eigenvalue weighted by Crippen LogP contribution is -2.59. The maximum Gasteiger partial charge on any atom is 0.326 e. The fraction of sp³-hybridized carbons (Fsp3) is 0.500. The zero-order valence-electron chi connectivity index (χ0n) is 35.4. The van der Waals surface area contributed by atoms with Crippen molar-refractivity contribution in [3.8, 4) is 0 Å². The molecule has 0 aromatic heterocycles. The van der Waals surface area contributed by atoms with Crippen molar-refractivity contribution in [2.45, 2.75) is 100 Å². The van der Waals surface area contributed by atoms with Gasteiger partial charge in [0.15, 0.2) is 5.96 Å². The molecule has 9 amide bonds. The van der Waals surface area contributed by atoms with Crippen LogP contribution in [0.2, 0.25) is 0 Å². The second kappa shape index (κ2) is 26.7. The van der Waals surface area contributed by atoms with E-state index in [4.69, 9.17) is 28.7 Å². The monoisotopic (exact) mass is 933 g/mol. The molecule has 0 unspecified atom stereocenters. The van der Waals surface area contributed by atoms with Gasteiger partial charge in [-0.25, -0.2) is 4.79 Å². The van der Waals surface area contributed by atoms with Gasteiger partial charge in [0.25, 0.3) is 0 Å². The number of aliphatic carboxylic acids is 3. The Morgan fingerprint density at radius 1 is 0.652 bits per heavy atom. The van der Waals surface area contributed by atoms with E-state index in [1.807, 2.05) is 5.32 Å². The summed E-state index contributed by atoms with van der Waals surface area (Å²) in [5.41, 5.74) is 27.1. The number of primary amides is 2. The number of carboxylic acids is 3. The summed E-state index contributed by atoms with van der Waals surface area (Å²) >= 11 is 0. The number of nitrogens with one attached hydrogen (secondary N) is 6. The molecular weight excluding hydrogens is 878 g/mol. The summed E-state index contributed by atoms with van der Waals surface area (Å²) in [6.45, 7) is -0.995. The van der Waals surface area contributed by atoms with E-state index in [0.717, 1.165) is 4.90 Å². The first-order valence-corrected chi connectivity index (χ1v) is 20.2. The Balaban J connectivity index is 2.33. The number of nitrogens with zero attached hydrogens (tertiary/aromatic N) is 2. The average molecular weight is 934 g/mol. The third kappa shape index (κ3) is 19.2. The van der Waals surface area contributed by atoms with Crippen LogP contribution >= 0.6 is 0 Å². The summed E-state index contributed by atoms with van der Waals surface area (Å²) in [7, 11) is 0.